The van der Waals surface area contributed by atoms with E-state index in [2.05, 4.69) is 245 Å². The van der Waals surface area contributed by atoms with Crippen molar-refractivity contribution in [3.05, 3.63) is 237 Å². The first-order valence-electron chi connectivity index (χ1n) is 22.8. The number of hydrogen-bond donors (Lipinski definition) is 0. The number of fused-ring (bicyclic) bond motifs is 9. The lowest BCUT2D eigenvalue weighted by atomic mass is 9.81. The Balaban J connectivity index is 0.000000120. The maximum absolute atomic E-state index is 2.40. The highest BCUT2D eigenvalue weighted by molar-refractivity contribution is 6.04. The maximum Gasteiger partial charge on any atom is 0.0159 e. The molecular weight excluding hydrogens is 757 g/mol. The molecule has 11 rings (SSSR count). The molecule has 9 aromatic rings. The van der Waals surface area contributed by atoms with Gasteiger partial charge in [-0.2, -0.15) is 0 Å². The minimum Gasteiger partial charge on any atom is -0.0645 e. The molecule has 0 nitrogen and oxygen atoms in total. The first-order chi connectivity index (χ1) is 30.4. The summed E-state index contributed by atoms with van der Waals surface area (Å²) in [6.45, 7) is 22.2. The van der Waals surface area contributed by atoms with Crippen LogP contribution in [-0.4, -0.2) is 0 Å². The molecule has 0 saturated heterocycles. The van der Waals surface area contributed by atoms with Crippen LogP contribution in [0.15, 0.2) is 176 Å². The van der Waals surface area contributed by atoms with Gasteiger partial charge in [0, 0.05) is 11.3 Å². The standard InChI is InChI=1S/C21H20.C18H16.C16H16.C8H10/c1-13-9-10-17-18(11-13)21(3,4)19-12-14(2)15-7-5-6-8-16(15)20(17)19;1-13-7-3-6-10-17(13)18-12-16-9-5-4-8-15(16)11-14(18)2;1-3-12-13-8-4-5-9-14(13)15-10-6-7-11(2)16(12)15;1-7-4-3-5-8(2)6-7/h5-12H,1-4H3;3-12H,1-2H3;4-10,12H,3H2,1-2H3;3-6H,1-2H3. The zero-order valence-electron chi connectivity index (χ0n) is 39.0. The van der Waals surface area contributed by atoms with E-state index in [9.17, 15) is 0 Å². The second-order valence-electron chi connectivity index (χ2n) is 18.4. The van der Waals surface area contributed by atoms with Crippen molar-refractivity contribution in [2.45, 2.75) is 87.0 Å². The molecule has 0 saturated carbocycles. The summed E-state index contributed by atoms with van der Waals surface area (Å²) in [7, 11) is 0. The molecule has 0 spiro atoms. The Morgan fingerprint density at radius 2 is 0.952 bits per heavy atom. The molecule has 0 aromatic heterocycles. The molecular formula is C63H62. The Labute approximate surface area is 377 Å². The Morgan fingerprint density at radius 3 is 1.63 bits per heavy atom. The van der Waals surface area contributed by atoms with Crippen LogP contribution in [0.1, 0.15) is 94.3 Å². The van der Waals surface area contributed by atoms with Crippen LogP contribution in [0.3, 0.4) is 0 Å². The average Bonchev–Trinajstić information content (AvgIpc) is 3.73. The van der Waals surface area contributed by atoms with Crippen molar-refractivity contribution >= 4 is 21.5 Å². The van der Waals surface area contributed by atoms with Gasteiger partial charge in [-0.25, -0.2) is 0 Å². The summed E-state index contributed by atoms with van der Waals surface area (Å²) in [4.78, 5) is 0. The Bertz CT molecular complexity index is 3080. The molecule has 0 heterocycles. The van der Waals surface area contributed by atoms with Gasteiger partial charge in [0.1, 0.15) is 0 Å². The van der Waals surface area contributed by atoms with E-state index in [1.165, 1.54) is 117 Å². The highest BCUT2D eigenvalue weighted by atomic mass is 14.4. The average molecular weight is 819 g/mol. The molecule has 0 bridgehead atoms. The second kappa shape index (κ2) is 18.1. The Kier molecular flexibility index (Phi) is 12.4. The zero-order valence-corrected chi connectivity index (χ0v) is 39.0. The third-order valence-electron chi connectivity index (χ3n) is 13.5. The van der Waals surface area contributed by atoms with Gasteiger partial charge < -0.3 is 0 Å². The summed E-state index contributed by atoms with van der Waals surface area (Å²) in [6, 6.07) is 63.7. The fraction of sp³-hybridized carbons (Fsp3) is 0.206. The molecule has 0 N–H and O–H groups in total. The van der Waals surface area contributed by atoms with Gasteiger partial charge in [0.25, 0.3) is 0 Å². The van der Waals surface area contributed by atoms with Crippen LogP contribution < -0.4 is 0 Å². The van der Waals surface area contributed by atoms with E-state index in [0.717, 1.165) is 0 Å². The van der Waals surface area contributed by atoms with Crippen LogP contribution in [0, 0.1) is 48.5 Å². The molecule has 0 radical (unpaired) electrons. The molecule has 63 heavy (non-hydrogen) atoms. The minimum atomic E-state index is 0.0888. The Hall–Kier alpha value is -6.50. The molecule has 314 valence electrons. The lowest BCUT2D eigenvalue weighted by Gasteiger charge is -2.22. The lowest BCUT2D eigenvalue weighted by molar-refractivity contribution is 0.659. The third-order valence-corrected chi connectivity index (χ3v) is 13.5. The maximum atomic E-state index is 2.40. The van der Waals surface area contributed by atoms with E-state index in [1.54, 1.807) is 5.56 Å². The van der Waals surface area contributed by atoms with Crippen molar-refractivity contribution in [1.82, 2.24) is 0 Å². The normalized spacial score (nSPS) is 13.6. The summed E-state index contributed by atoms with van der Waals surface area (Å²) >= 11 is 0. The number of hydrogen-bond acceptors (Lipinski definition) is 0. The summed E-state index contributed by atoms with van der Waals surface area (Å²) in [5.74, 6) is 0.604. The van der Waals surface area contributed by atoms with Crippen molar-refractivity contribution in [2.75, 3.05) is 0 Å². The fourth-order valence-corrected chi connectivity index (χ4v) is 10.2. The summed E-state index contributed by atoms with van der Waals surface area (Å²) in [5, 5.41) is 5.39. The van der Waals surface area contributed by atoms with Crippen LogP contribution in [0.2, 0.25) is 0 Å². The molecule has 0 aliphatic heterocycles. The highest BCUT2D eigenvalue weighted by Gasteiger charge is 2.36. The van der Waals surface area contributed by atoms with Crippen LogP contribution in [-0.2, 0) is 5.41 Å². The molecule has 9 aromatic carbocycles. The first-order valence-corrected chi connectivity index (χ1v) is 22.8. The number of rotatable bonds is 2. The van der Waals surface area contributed by atoms with E-state index in [4.69, 9.17) is 0 Å². The quantitative estimate of drug-likeness (QED) is 0.163. The molecule has 0 heteroatoms. The smallest absolute Gasteiger partial charge is 0.0159 e. The van der Waals surface area contributed by atoms with Crippen LogP contribution in [0.25, 0.3) is 54.9 Å². The molecule has 1 unspecified atom stereocenters. The zero-order chi connectivity index (χ0) is 44.4. The van der Waals surface area contributed by atoms with Gasteiger partial charge in [-0.15, -0.1) is 0 Å². The summed E-state index contributed by atoms with van der Waals surface area (Å²) in [5.41, 5.74) is 24.0. The van der Waals surface area contributed by atoms with Crippen molar-refractivity contribution in [3.63, 3.8) is 0 Å². The van der Waals surface area contributed by atoms with Gasteiger partial charge in [-0.3, -0.25) is 0 Å². The topological polar surface area (TPSA) is 0 Å². The van der Waals surface area contributed by atoms with Crippen LogP contribution in [0.5, 0.6) is 0 Å². The van der Waals surface area contributed by atoms with Crippen molar-refractivity contribution < 1.29 is 0 Å². The molecule has 2 aliphatic carbocycles. The fourth-order valence-electron chi connectivity index (χ4n) is 10.2. The summed E-state index contributed by atoms with van der Waals surface area (Å²) in [6.07, 6.45) is 1.19. The van der Waals surface area contributed by atoms with Crippen molar-refractivity contribution in [3.8, 4) is 33.4 Å². The molecule has 2 aliphatic rings. The van der Waals surface area contributed by atoms with Gasteiger partial charge in [0.15, 0.2) is 0 Å². The summed E-state index contributed by atoms with van der Waals surface area (Å²) < 4.78 is 0. The first kappa shape index (κ1) is 43.2. The monoisotopic (exact) mass is 818 g/mol. The number of benzene rings is 9. The molecule has 1 atom stereocenters. The highest BCUT2D eigenvalue weighted by Crippen LogP contribution is 2.52. The largest absolute Gasteiger partial charge is 0.0645 e. The van der Waals surface area contributed by atoms with Crippen LogP contribution in [0.4, 0.5) is 0 Å². The third kappa shape index (κ3) is 8.53. The van der Waals surface area contributed by atoms with E-state index in [1.807, 2.05) is 0 Å². The predicted molar refractivity (Wildman–Crippen MR) is 275 cm³/mol. The van der Waals surface area contributed by atoms with Crippen LogP contribution >= 0.6 is 0 Å². The second-order valence-corrected chi connectivity index (χ2v) is 18.4. The number of aryl methyl sites for hydroxylation is 7. The SMILES string of the molecule is CCC1c2ccccc2-c2cccc(C)c21.Cc1ccc2c(c1)C(C)(C)c1cc(C)c3ccccc3c1-2.Cc1cccc(C)c1.Cc1ccccc1-c1cc2ccccc2cc1C. The van der Waals surface area contributed by atoms with Gasteiger partial charge in [0.2, 0.25) is 0 Å². The molecule has 0 fully saturated rings. The van der Waals surface area contributed by atoms with E-state index in [-0.39, 0.29) is 5.41 Å². The van der Waals surface area contributed by atoms with Crippen molar-refractivity contribution in [1.29, 1.82) is 0 Å². The van der Waals surface area contributed by atoms with Gasteiger partial charge in [-0.1, -0.05) is 207 Å². The van der Waals surface area contributed by atoms with Gasteiger partial charge in [0.05, 0.1) is 0 Å². The van der Waals surface area contributed by atoms with E-state index in [0.29, 0.717) is 5.92 Å². The van der Waals surface area contributed by atoms with E-state index >= 15 is 0 Å². The molecule has 0 amide bonds. The van der Waals surface area contributed by atoms with Crippen molar-refractivity contribution in [2.24, 2.45) is 0 Å². The minimum absolute atomic E-state index is 0.0888. The Morgan fingerprint density at radius 1 is 0.381 bits per heavy atom. The lowest BCUT2D eigenvalue weighted by Crippen LogP contribution is -2.15. The van der Waals surface area contributed by atoms with E-state index < -0.39 is 0 Å². The van der Waals surface area contributed by atoms with Gasteiger partial charge >= 0.3 is 0 Å². The van der Waals surface area contributed by atoms with Gasteiger partial charge in [-0.05, 0) is 160 Å². The predicted octanol–water partition coefficient (Wildman–Crippen LogP) is 17.7.